The monoisotopic (exact) mass is 212 g/mol. The molecule has 1 saturated heterocycles. The molecule has 2 N–H and O–H groups in total. The molecule has 90 valence electrons. The highest BCUT2D eigenvalue weighted by atomic mass is 15.1. The number of hydrogen-bond acceptors (Lipinski definition) is 2. The van der Waals surface area contributed by atoms with E-state index in [-0.39, 0.29) is 0 Å². The van der Waals surface area contributed by atoms with Gasteiger partial charge in [-0.15, -0.1) is 0 Å². The van der Waals surface area contributed by atoms with Gasteiger partial charge in [0, 0.05) is 6.54 Å². The van der Waals surface area contributed by atoms with Gasteiger partial charge in [0.15, 0.2) is 0 Å². The van der Waals surface area contributed by atoms with Crippen molar-refractivity contribution in [2.75, 3.05) is 26.2 Å². The Morgan fingerprint density at radius 2 is 1.67 bits per heavy atom. The van der Waals surface area contributed by atoms with Crippen molar-refractivity contribution in [2.45, 2.75) is 52.4 Å². The third-order valence-corrected chi connectivity index (χ3v) is 3.41. The molecule has 0 amide bonds. The molecule has 1 fully saturated rings. The highest BCUT2D eigenvalue weighted by Gasteiger charge is 2.21. The maximum Gasteiger partial charge on any atom is 0.00327 e. The summed E-state index contributed by atoms with van der Waals surface area (Å²) in [7, 11) is 0. The van der Waals surface area contributed by atoms with Crippen LogP contribution >= 0.6 is 0 Å². The SMILES string of the molecule is CC(C)(CCCN)CN1CCCCCC1. The lowest BCUT2D eigenvalue weighted by atomic mass is 9.87. The maximum atomic E-state index is 5.58. The van der Waals surface area contributed by atoms with Crippen molar-refractivity contribution >= 4 is 0 Å². The van der Waals surface area contributed by atoms with Crippen molar-refractivity contribution in [3.63, 3.8) is 0 Å². The fourth-order valence-corrected chi connectivity index (χ4v) is 2.56. The topological polar surface area (TPSA) is 29.3 Å². The number of likely N-dealkylation sites (tertiary alicyclic amines) is 1. The van der Waals surface area contributed by atoms with E-state index < -0.39 is 0 Å². The number of nitrogens with two attached hydrogens (primary N) is 1. The molecule has 0 radical (unpaired) electrons. The zero-order valence-electron chi connectivity index (χ0n) is 10.6. The lowest BCUT2D eigenvalue weighted by Gasteiger charge is -2.32. The molecule has 1 aliphatic heterocycles. The molecular weight excluding hydrogens is 184 g/mol. The molecule has 2 heteroatoms. The van der Waals surface area contributed by atoms with Crippen LogP contribution in [0.3, 0.4) is 0 Å². The fourth-order valence-electron chi connectivity index (χ4n) is 2.56. The largest absolute Gasteiger partial charge is 0.330 e. The minimum atomic E-state index is 0.448. The summed E-state index contributed by atoms with van der Waals surface area (Å²) in [6.07, 6.45) is 8.08. The van der Waals surface area contributed by atoms with Gasteiger partial charge in [-0.05, 0) is 50.7 Å². The van der Waals surface area contributed by atoms with Crippen LogP contribution in [0.1, 0.15) is 52.4 Å². The number of nitrogens with zero attached hydrogens (tertiary/aromatic N) is 1. The van der Waals surface area contributed by atoms with Crippen LogP contribution in [-0.4, -0.2) is 31.1 Å². The second-order valence-electron chi connectivity index (χ2n) is 5.75. The van der Waals surface area contributed by atoms with Gasteiger partial charge >= 0.3 is 0 Å². The first-order valence-electron chi connectivity index (χ1n) is 6.56. The van der Waals surface area contributed by atoms with Gasteiger partial charge < -0.3 is 10.6 Å². The molecule has 1 aliphatic rings. The Morgan fingerprint density at radius 3 is 2.20 bits per heavy atom. The highest BCUT2D eigenvalue weighted by molar-refractivity contribution is 4.75. The van der Waals surface area contributed by atoms with Crippen molar-refractivity contribution in [3.05, 3.63) is 0 Å². The molecule has 0 aromatic rings. The van der Waals surface area contributed by atoms with E-state index in [1.165, 1.54) is 58.2 Å². The summed E-state index contributed by atoms with van der Waals surface area (Å²) in [5, 5.41) is 0. The van der Waals surface area contributed by atoms with Crippen molar-refractivity contribution < 1.29 is 0 Å². The standard InChI is InChI=1S/C13H28N2/c1-13(2,8-7-9-14)12-15-10-5-3-4-6-11-15/h3-12,14H2,1-2H3. The minimum absolute atomic E-state index is 0.448. The van der Waals surface area contributed by atoms with Gasteiger partial charge in [0.05, 0.1) is 0 Å². The van der Waals surface area contributed by atoms with Gasteiger partial charge in [-0.2, -0.15) is 0 Å². The molecule has 0 saturated carbocycles. The van der Waals surface area contributed by atoms with Gasteiger partial charge in [-0.1, -0.05) is 26.7 Å². The first-order valence-corrected chi connectivity index (χ1v) is 6.56. The van der Waals surface area contributed by atoms with Crippen LogP contribution in [0.4, 0.5) is 0 Å². The highest BCUT2D eigenvalue weighted by Crippen LogP contribution is 2.24. The third-order valence-electron chi connectivity index (χ3n) is 3.41. The third kappa shape index (κ3) is 5.53. The first kappa shape index (κ1) is 13.0. The Bertz CT molecular complexity index is 158. The average Bonchev–Trinajstić information content (AvgIpc) is 2.43. The average molecular weight is 212 g/mol. The summed E-state index contributed by atoms with van der Waals surface area (Å²) in [6, 6.07) is 0. The Hall–Kier alpha value is -0.0800. The molecule has 0 aliphatic carbocycles. The normalized spacial score (nSPS) is 20.2. The van der Waals surface area contributed by atoms with Crippen LogP contribution in [0.15, 0.2) is 0 Å². The molecule has 1 rings (SSSR count). The molecule has 2 nitrogen and oxygen atoms in total. The first-order chi connectivity index (χ1) is 7.14. The molecule has 0 unspecified atom stereocenters. The van der Waals surface area contributed by atoms with Crippen molar-refractivity contribution in [2.24, 2.45) is 11.1 Å². The van der Waals surface area contributed by atoms with Crippen LogP contribution in [0.5, 0.6) is 0 Å². The lowest BCUT2D eigenvalue weighted by molar-refractivity contribution is 0.171. The Morgan fingerprint density at radius 1 is 1.07 bits per heavy atom. The van der Waals surface area contributed by atoms with E-state index in [0.29, 0.717) is 5.41 Å². The summed E-state index contributed by atoms with van der Waals surface area (Å²) in [6.45, 7) is 9.48. The quantitative estimate of drug-likeness (QED) is 0.759. The van der Waals surface area contributed by atoms with E-state index in [1.54, 1.807) is 0 Å². The van der Waals surface area contributed by atoms with Gasteiger partial charge in [-0.25, -0.2) is 0 Å². The number of rotatable bonds is 5. The summed E-state index contributed by atoms with van der Waals surface area (Å²) in [5.74, 6) is 0. The minimum Gasteiger partial charge on any atom is -0.330 e. The van der Waals surface area contributed by atoms with E-state index in [0.717, 1.165) is 6.54 Å². The summed E-state index contributed by atoms with van der Waals surface area (Å²) < 4.78 is 0. The Kier molecular flexibility index (Phi) is 5.62. The van der Waals surface area contributed by atoms with Gasteiger partial charge in [0.25, 0.3) is 0 Å². The van der Waals surface area contributed by atoms with E-state index in [4.69, 9.17) is 5.73 Å². The van der Waals surface area contributed by atoms with E-state index in [9.17, 15) is 0 Å². The summed E-state index contributed by atoms with van der Waals surface area (Å²) in [5.41, 5.74) is 6.03. The molecular formula is C13H28N2. The second kappa shape index (κ2) is 6.49. The Balaban J connectivity index is 2.30. The van der Waals surface area contributed by atoms with Crippen LogP contribution in [-0.2, 0) is 0 Å². The molecule has 1 heterocycles. The predicted octanol–water partition coefficient (Wildman–Crippen LogP) is 2.63. The predicted molar refractivity (Wildman–Crippen MR) is 67.0 cm³/mol. The van der Waals surface area contributed by atoms with Gasteiger partial charge in [0.2, 0.25) is 0 Å². The van der Waals surface area contributed by atoms with Gasteiger partial charge in [-0.3, -0.25) is 0 Å². The lowest BCUT2D eigenvalue weighted by Crippen LogP contribution is -2.35. The Labute approximate surface area is 95.2 Å². The van der Waals surface area contributed by atoms with E-state index >= 15 is 0 Å². The van der Waals surface area contributed by atoms with Gasteiger partial charge in [0.1, 0.15) is 0 Å². The van der Waals surface area contributed by atoms with Crippen molar-refractivity contribution in [3.8, 4) is 0 Å². The van der Waals surface area contributed by atoms with Crippen LogP contribution in [0, 0.1) is 5.41 Å². The molecule has 0 spiro atoms. The van der Waals surface area contributed by atoms with Crippen LogP contribution in [0.2, 0.25) is 0 Å². The summed E-state index contributed by atoms with van der Waals surface area (Å²) >= 11 is 0. The molecule has 0 bridgehead atoms. The van der Waals surface area contributed by atoms with E-state index in [2.05, 4.69) is 18.7 Å². The number of hydrogen-bond donors (Lipinski definition) is 1. The maximum absolute atomic E-state index is 5.58. The van der Waals surface area contributed by atoms with Crippen molar-refractivity contribution in [1.29, 1.82) is 0 Å². The zero-order valence-corrected chi connectivity index (χ0v) is 10.6. The van der Waals surface area contributed by atoms with Crippen LogP contribution in [0.25, 0.3) is 0 Å². The molecule has 0 atom stereocenters. The zero-order chi connectivity index (χ0) is 11.1. The molecule has 15 heavy (non-hydrogen) atoms. The second-order valence-corrected chi connectivity index (χ2v) is 5.75. The smallest absolute Gasteiger partial charge is 0.00327 e. The summed E-state index contributed by atoms with van der Waals surface area (Å²) in [4.78, 5) is 2.66. The van der Waals surface area contributed by atoms with Crippen LogP contribution < -0.4 is 5.73 Å². The van der Waals surface area contributed by atoms with Crippen molar-refractivity contribution in [1.82, 2.24) is 4.90 Å². The molecule has 0 aromatic carbocycles. The fraction of sp³-hybridized carbons (Fsp3) is 1.00. The molecule has 0 aromatic heterocycles. The van der Waals surface area contributed by atoms with E-state index in [1.807, 2.05) is 0 Å².